The van der Waals surface area contributed by atoms with E-state index in [-0.39, 0.29) is 5.91 Å². The number of hydrogen-bond acceptors (Lipinski definition) is 3. The van der Waals surface area contributed by atoms with E-state index in [0.29, 0.717) is 24.8 Å². The number of carboxylic acids is 1. The molecule has 0 bridgehead atoms. The van der Waals surface area contributed by atoms with Crippen LogP contribution in [0.15, 0.2) is 0 Å². The van der Waals surface area contributed by atoms with Crippen LogP contribution >= 0.6 is 0 Å². The molecule has 0 saturated heterocycles. The maximum atomic E-state index is 11.6. The van der Waals surface area contributed by atoms with Crippen molar-refractivity contribution in [2.75, 3.05) is 19.6 Å². The van der Waals surface area contributed by atoms with Gasteiger partial charge in [-0.05, 0) is 18.8 Å². The highest BCUT2D eigenvalue weighted by Crippen LogP contribution is 2.04. The zero-order valence-corrected chi connectivity index (χ0v) is 12.8. The molecule has 0 aromatic heterocycles. The normalized spacial score (nSPS) is 13.1. The van der Waals surface area contributed by atoms with Crippen molar-refractivity contribution in [3.8, 4) is 0 Å². The lowest BCUT2D eigenvalue weighted by molar-refractivity contribution is -0.141. The van der Waals surface area contributed by atoms with Gasteiger partial charge in [-0.15, -0.1) is 0 Å². The molecule has 19 heavy (non-hydrogen) atoms. The molecule has 0 spiro atoms. The minimum Gasteiger partial charge on any atom is -0.480 e. The van der Waals surface area contributed by atoms with Crippen LogP contribution < -0.4 is 5.32 Å². The third kappa shape index (κ3) is 9.47. The Hall–Kier alpha value is -1.10. The van der Waals surface area contributed by atoms with E-state index in [1.807, 2.05) is 0 Å². The number of amides is 1. The molecular weight excluding hydrogens is 244 g/mol. The van der Waals surface area contributed by atoms with Crippen LogP contribution in [-0.4, -0.2) is 47.6 Å². The van der Waals surface area contributed by atoms with Gasteiger partial charge in [0.05, 0.1) is 0 Å². The number of hydrogen-bond donors (Lipinski definition) is 2. The number of carbonyl (C=O) groups excluding carboxylic acids is 1. The van der Waals surface area contributed by atoms with Crippen LogP contribution in [0.4, 0.5) is 0 Å². The predicted molar refractivity (Wildman–Crippen MR) is 76.0 cm³/mol. The molecule has 1 atom stereocenters. The lowest BCUT2D eigenvalue weighted by Gasteiger charge is -2.25. The van der Waals surface area contributed by atoms with Crippen molar-refractivity contribution in [2.45, 2.75) is 47.1 Å². The molecule has 112 valence electrons. The van der Waals surface area contributed by atoms with Gasteiger partial charge in [0.25, 0.3) is 0 Å². The molecule has 0 heterocycles. The summed E-state index contributed by atoms with van der Waals surface area (Å²) in [4.78, 5) is 24.5. The average molecular weight is 272 g/mol. The van der Waals surface area contributed by atoms with Crippen molar-refractivity contribution in [3.05, 3.63) is 0 Å². The molecule has 0 aromatic carbocycles. The third-order valence-corrected chi connectivity index (χ3v) is 2.65. The summed E-state index contributed by atoms with van der Waals surface area (Å²) in [5, 5.41) is 11.2. The first-order valence-electron chi connectivity index (χ1n) is 6.96. The van der Waals surface area contributed by atoms with E-state index in [9.17, 15) is 9.59 Å². The average Bonchev–Trinajstić information content (AvgIpc) is 2.24. The Balaban J connectivity index is 4.15. The van der Waals surface area contributed by atoms with Crippen LogP contribution in [0.25, 0.3) is 0 Å². The van der Waals surface area contributed by atoms with Gasteiger partial charge in [-0.25, -0.2) is 0 Å². The fourth-order valence-electron chi connectivity index (χ4n) is 1.92. The Morgan fingerprint density at radius 3 is 1.89 bits per heavy atom. The van der Waals surface area contributed by atoms with Crippen LogP contribution in [0, 0.1) is 11.8 Å². The number of nitrogens with zero attached hydrogens (tertiary/aromatic N) is 1. The van der Waals surface area contributed by atoms with Crippen molar-refractivity contribution in [3.63, 3.8) is 0 Å². The molecule has 0 radical (unpaired) electrons. The van der Waals surface area contributed by atoms with Gasteiger partial charge in [-0.2, -0.15) is 0 Å². The van der Waals surface area contributed by atoms with Gasteiger partial charge >= 0.3 is 5.97 Å². The molecule has 0 aliphatic heterocycles. The second kappa shape index (κ2) is 8.91. The van der Waals surface area contributed by atoms with Crippen molar-refractivity contribution < 1.29 is 14.7 Å². The van der Waals surface area contributed by atoms with Gasteiger partial charge in [0.15, 0.2) is 0 Å². The molecule has 0 fully saturated rings. The summed E-state index contributed by atoms with van der Waals surface area (Å²) < 4.78 is 0. The molecular formula is C14H28N2O3. The highest BCUT2D eigenvalue weighted by molar-refractivity contribution is 5.83. The molecule has 1 unspecified atom stereocenters. The monoisotopic (exact) mass is 272 g/mol. The quantitative estimate of drug-likeness (QED) is 0.668. The topological polar surface area (TPSA) is 69.6 Å². The van der Waals surface area contributed by atoms with Gasteiger partial charge in [0.2, 0.25) is 5.91 Å². The fraction of sp³-hybridized carbons (Fsp3) is 0.857. The van der Waals surface area contributed by atoms with Crippen LogP contribution in [0.5, 0.6) is 0 Å². The SMILES string of the molecule is CC(C)CN(CCC(=O)NC(C)C(=O)O)CC(C)C. The lowest BCUT2D eigenvalue weighted by atomic mass is 10.1. The highest BCUT2D eigenvalue weighted by Gasteiger charge is 2.15. The Kier molecular flexibility index (Phi) is 8.39. The Bertz CT molecular complexity index is 280. The van der Waals surface area contributed by atoms with Crippen molar-refractivity contribution in [1.29, 1.82) is 0 Å². The van der Waals surface area contributed by atoms with E-state index in [1.165, 1.54) is 6.92 Å². The van der Waals surface area contributed by atoms with E-state index >= 15 is 0 Å². The smallest absolute Gasteiger partial charge is 0.325 e. The van der Waals surface area contributed by atoms with Gasteiger partial charge in [0.1, 0.15) is 6.04 Å². The first-order valence-corrected chi connectivity index (χ1v) is 6.96. The molecule has 2 N–H and O–H groups in total. The van der Waals surface area contributed by atoms with Crippen LogP contribution in [-0.2, 0) is 9.59 Å². The van der Waals surface area contributed by atoms with Gasteiger partial charge < -0.3 is 15.3 Å². The van der Waals surface area contributed by atoms with E-state index in [4.69, 9.17) is 5.11 Å². The predicted octanol–water partition coefficient (Wildman–Crippen LogP) is 1.58. The van der Waals surface area contributed by atoms with Gasteiger partial charge in [-0.1, -0.05) is 27.7 Å². The highest BCUT2D eigenvalue weighted by atomic mass is 16.4. The second-order valence-corrected chi connectivity index (χ2v) is 5.92. The Morgan fingerprint density at radius 1 is 1.05 bits per heavy atom. The van der Waals surface area contributed by atoms with Crippen molar-refractivity contribution in [1.82, 2.24) is 10.2 Å². The summed E-state index contributed by atoms with van der Waals surface area (Å²) in [6.07, 6.45) is 0.344. The summed E-state index contributed by atoms with van der Waals surface area (Å²) in [5.74, 6) is -0.0958. The molecule has 5 nitrogen and oxygen atoms in total. The van der Waals surface area contributed by atoms with Crippen LogP contribution in [0.2, 0.25) is 0 Å². The first-order chi connectivity index (χ1) is 8.72. The molecule has 0 rings (SSSR count). The largest absolute Gasteiger partial charge is 0.480 e. The molecule has 0 aliphatic rings. The first kappa shape index (κ1) is 17.9. The number of rotatable bonds is 9. The van der Waals surface area contributed by atoms with E-state index < -0.39 is 12.0 Å². The zero-order valence-electron chi connectivity index (χ0n) is 12.8. The zero-order chi connectivity index (χ0) is 15.0. The Labute approximate surface area is 116 Å². The second-order valence-electron chi connectivity index (χ2n) is 5.92. The molecule has 0 saturated carbocycles. The lowest BCUT2D eigenvalue weighted by Crippen LogP contribution is -2.40. The molecule has 1 amide bonds. The third-order valence-electron chi connectivity index (χ3n) is 2.65. The summed E-state index contributed by atoms with van der Waals surface area (Å²) in [5.41, 5.74) is 0. The summed E-state index contributed by atoms with van der Waals surface area (Å²) >= 11 is 0. The molecule has 0 aromatic rings. The summed E-state index contributed by atoms with van der Waals surface area (Å²) in [6.45, 7) is 12.7. The van der Waals surface area contributed by atoms with Gasteiger partial charge in [0, 0.05) is 26.1 Å². The standard InChI is InChI=1S/C14H28N2O3/c1-10(2)8-16(9-11(3)4)7-6-13(17)15-12(5)14(18)19/h10-12H,6-9H2,1-5H3,(H,15,17)(H,18,19). The molecule has 0 aliphatic carbocycles. The summed E-state index contributed by atoms with van der Waals surface area (Å²) in [7, 11) is 0. The number of carboxylic acid groups (broad SMARTS) is 1. The maximum absolute atomic E-state index is 11.6. The van der Waals surface area contributed by atoms with Crippen molar-refractivity contribution in [2.24, 2.45) is 11.8 Å². The number of nitrogens with one attached hydrogen (secondary N) is 1. The Morgan fingerprint density at radius 2 is 1.53 bits per heavy atom. The minimum atomic E-state index is -1.01. The van der Waals surface area contributed by atoms with Crippen molar-refractivity contribution >= 4 is 11.9 Å². The maximum Gasteiger partial charge on any atom is 0.325 e. The minimum absolute atomic E-state index is 0.201. The van der Waals surface area contributed by atoms with E-state index in [0.717, 1.165) is 13.1 Å². The summed E-state index contributed by atoms with van der Waals surface area (Å²) in [6, 6.07) is -0.823. The molecule has 5 heteroatoms. The van der Waals surface area contributed by atoms with Crippen LogP contribution in [0.3, 0.4) is 0 Å². The number of aliphatic carboxylic acids is 1. The fourth-order valence-corrected chi connectivity index (χ4v) is 1.92. The van der Waals surface area contributed by atoms with E-state index in [2.05, 4.69) is 37.9 Å². The van der Waals surface area contributed by atoms with E-state index in [1.54, 1.807) is 0 Å². The van der Waals surface area contributed by atoms with Gasteiger partial charge in [-0.3, -0.25) is 9.59 Å². The van der Waals surface area contributed by atoms with Crippen LogP contribution in [0.1, 0.15) is 41.0 Å². The number of carbonyl (C=O) groups is 2.